The van der Waals surface area contributed by atoms with Crippen molar-refractivity contribution < 1.29 is 27.9 Å². The van der Waals surface area contributed by atoms with Gasteiger partial charge >= 0.3 is 6.18 Å². The molecular weight excluding hydrogens is 495 g/mol. The summed E-state index contributed by atoms with van der Waals surface area (Å²) in [5.74, 6) is -0.649. The number of amides is 2. The second-order valence-electron chi connectivity index (χ2n) is 10.1. The van der Waals surface area contributed by atoms with Gasteiger partial charge < -0.3 is 20.6 Å². The molecule has 2 fully saturated rings. The molecule has 2 aromatic rings. The molecule has 3 N–H and O–H groups in total. The molecule has 1 saturated heterocycles. The first-order chi connectivity index (χ1) is 16.8. The van der Waals surface area contributed by atoms with Crippen molar-refractivity contribution in [2.45, 2.75) is 64.3 Å². The second kappa shape index (κ2) is 9.97. The predicted octanol–water partition coefficient (Wildman–Crippen LogP) is 4.17. The maximum absolute atomic E-state index is 14.2. The lowest BCUT2D eigenvalue weighted by Gasteiger charge is -2.21. The van der Waals surface area contributed by atoms with Gasteiger partial charge in [0.1, 0.15) is 11.5 Å². The van der Waals surface area contributed by atoms with E-state index in [2.05, 4.69) is 20.6 Å². The van der Waals surface area contributed by atoms with E-state index in [9.17, 15) is 27.9 Å². The topological polar surface area (TPSA) is 107 Å². The van der Waals surface area contributed by atoms with Gasteiger partial charge in [0.2, 0.25) is 0 Å². The van der Waals surface area contributed by atoms with E-state index in [1.807, 2.05) is 6.92 Å². The van der Waals surface area contributed by atoms with Crippen molar-refractivity contribution in [3.05, 3.63) is 28.5 Å². The number of halogens is 3. The maximum Gasteiger partial charge on any atom is 0.417 e. The normalized spacial score (nSPS) is 18.4. The predicted molar refractivity (Wildman–Crippen MR) is 130 cm³/mol. The summed E-state index contributed by atoms with van der Waals surface area (Å²) in [7, 11) is 0. The van der Waals surface area contributed by atoms with E-state index in [0.717, 1.165) is 37.9 Å². The Labute approximate surface area is 211 Å². The lowest BCUT2D eigenvalue weighted by Crippen LogP contribution is -2.38. The SMILES string of the molecule is CC1CCCN1C(=O)c1nc(C(=O)NCC(C)(C)O)sc1-c1cnc(NCC2CC2)cc1C(F)(F)F. The first kappa shape index (κ1) is 26.3. The number of thiazole rings is 1. The average molecular weight is 526 g/mol. The average Bonchev–Trinajstić information content (AvgIpc) is 3.36. The van der Waals surface area contributed by atoms with Crippen LogP contribution in [0, 0.1) is 5.92 Å². The molecule has 196 valence electrons. The van der Waals surface area contributed by atoms with Gasteiger partial charge in [0.25, 0.3) is 11.8 Å². The molecule has 1 aliphatic carbocycles. The Hall–Kier alpha value is -2.73. The number of hydrogen-bond acceptors (Lipinski definition) is 7. The fourth-order valence-electron chi connectivity index (χ4n) is 4.03. The highest BCUT2D eigenvalue weighted by atomic mass is 32.1. The molecule has 3 heterocycles. The number of alkyl halides is 3. The zero-order valence-corrected chi connectivity index (χ0v) is 21.2. The van der Waals surface area contributed by atoms with Crippen LogP contribution in [-0.4, -0.2) is 63.1 Å². The number of likely N-dealkylation sites (tertiary alicyclic amines) is 1. The number of carbonyl (C=O) groups excluding carboxylic acids is 2. The van der Waals surface area contributed by atoms with Crippen molar-refractivity contribution >= 4 is 29.0 Å². The van der Waals surface area contributed by atoms with Gasteiger partial charge in [-0.3, -0.25) is 9.59 Å². The Morgan fingerprint density at radius 2 is 1.97 bits per heavy atom. The minimum absolute atomic E-state index is 0.0546. The number of carbonyl (C=O) groups is 2. The van der Waals surface area contributed by atoms with Crippen LogP contribution in [0.25, 0.3) is 10.4 Å². The highest BCUT2D eigenvalue weighted by Gasteiger charge is 2.38. The van der Waals surface area contributed by atoms with Crippen LogP contribution in [0.15, 0.2) is 12.3 Å². The van der Waals surface area contributed by atoms with Crippen molar-refractivity contribution in [2.75, 3.05) is 25.0 Å². The Morgan fingerprint density at radius 1 is 1.25 bits per heavy atom. The van der Waals surface area contributed by atoms with Crippen molar-refractivity contribution in [1.29, 1.82) is 0 Å². The minimum Gasteiger partial charge on any atom is -0.389 e. The smallest absolute Gasteiger partial charge is 0.389 e. The van der Waals surface area contributed by atoms with Crippen LogP contribution < -0.4 is 10.6 Å². The van der Waals surface area contributed by atoms with Crippen molar-refractivity contribution in [2.24, 2.45) is 5.92 Å². The summed E-state index contributed by atoms with van der Waals surface area (Å²) < 4.78 is 42.5. The lowest BCUT2D eigenvalue weighted by molar-refractivity contribution is -0.137. The van der Waals surface area contributed by atoms with Crippen LogP contribution in [-0.2, 0) is 6.18 Å². The summed E-state index contributed by atoms with van der Waals surface area (Å²) in [6, 6.07) is 0.854. The highest BCUT2D eigenvalue weighted by molar-refractivity contribution is 7.17. The van der Waals surface area contributed by atoms with Gasteiger partial charge in [-0.1, -0.05) is 0 Å². The molecule has 2 amide bonds. The number of nitrogens with one attached hydrogen (secondary N) is 2. The third kappa shape index (κ3) is 6.15. The first-order valence-electron chi connectivity index (χ1n) is 12.0. The number of aliphatic hydroxyl groups is 1. The fourth-order valence-corrected chi connectivity index (χ4v) is 5.02. The van der Waals surface area contributed by atoms with E-state index in [-0.39, 0.29) is 39.5 Å². The van der Waals surface area contributed by atoms with E-state index in [4.69, 9.17) is 0 Å². The summed E-state index contributed by atoms with van der Waals surface area (Å²) >= 11 is 0.711. The molecule has 0 aromatic carbocycles. The van der Waals surface area contributed by atoms with Gasteiger partial charge in [-0.15, -0.1) is 11.3 Å². The number of nitrogens with zero attached hydrogens (tertiary/aromatic N) is 3. The molecule has 2 aliphatic rings. The maximum atomic E-state index is 14.2. The van der Waals surface area contributed by atoms with Gasteiger partial charge in [0, 0.05) is 37.4 Å². The largest absolute Gasteiger partial charge is 0.417 e. The van der Waals surface area contributed by atoms with E-state index < -0.39 is 29.2 Å². The Balaban J connectivity index is 1.75. The zero-order chi connectivity index (χ0) is 26.3. The van der Waals surface area contributed by atoms with Crippen LogP contribution in [0.2, 0.25) is 0 Å². The van der Waals surface area contributed by atoms with E-state index in [1.54, 1.807) is 4.90 Å². The molecule has 2 aromatic heterocycles. The highest BCUT2D eigenvalue weighted by Crippen LogP contribution is 2.42. The van der Waals surface area contributed by atoms with Crippen LogP contribution >= 0.6 is 11.3 Å². The fraction of sp³-hybridized carbons (Fsp3) is 0.583. The third-order valence-electron chi connectivity index (χ3n) is 6.24. The molecule has 1 atom stereocenters. The molecule has 4 rings (SSSR count). The molecule has 0 bridgehead atoms. The Morgan fingerprint density at radius 3 is 2.56 bits per heavy atom. The molecule has 0 radical (unpaired) electrons. The van der Waals surface area contributed by atoms with Gasteiger partial charge in [-0.25, -0.2) is 9.97 Å². The van der Waals surface area contributed by atoms with E-state index >= 15 is 0 Å². The van der Waals surface area contributed by atoms with Gasteiger partial charge in [0.05, 0.1) is 16.0 Å². The van der Waals surface area contributed by atoms with Gasteiger partial charge in [-0.2, -0.15) is 13.2 Å². The summed E-state index contributed by atoms with van der Waals surface area (Å²) in [6.45, 7) is 5.80. The van der Waals surface area contributed by atoms with Crippen molar-refractivity contribution in [3.8, 4) is 10.4 Å². The third-order valence-corrected chi connectivity index (χ3v) is 7.33. The van der Waals surface area contributed by atoms with Crippen LogP contribution in [0.4, 0.5) is 19.0 Å². The number of hydrogen-bond donors (Lipinski definition) is 3. The quantitative estimate of drug-likeness (QED) is 0.478. The molecule has 1 saturated carbocycles. The second-order valence-corrected chi connectivity index (χ2v) is 11.1. The standard InChI is InChI=1S/C24H30F3N5O3S/c1-13-5-4-8-32(13)22(34)18-19(36-21(31-18)20(33)30-12-23(2,3)35)15-11-29-17(28-10-14-6-7-14)9-16(15)24(25,26)27/h9,11,13-14,35H,4-8,10,12H2,1-3H3,(H,28,29)(H,30,33). The summed E-state index contributed by atoms with van der Waals surface area (Å²) in [5.41, 5.74) is -2.65. The Kier molecular flexibility index (Phi) is 7.29. The summed E-state index contributed by atoms with van der Waals surface area (Å²) in [4.78, 5) is 36.0. The zero-order valence-electron chi connectivity index (χ0n) is 20.4. The van der Waals surface area contributed by atoms with Crippen LogP contribution in [0.5, 0.6) is 0 Å². The number of anilines is 1. The number of aromatic nitrogens is 2. The molecule has 12 heteroatoms. The van der Waals surface area contributed by atoms with E-state index in [1.165, 1.54) is 13.8 Å². The van der Waals surface area contributed by atoms with Crippen molar-refractivity contribution in [3.63, 3.8) is 0 Å². The molecule has 8 nitrogen and oxygen atoms in total. The molecule has 0 spiro atoms. The van der Waals surface area contributed by atoms with Crippen molar-refractivity contribution in [1.82, 2.24) is 20.2 Å². The van der Waals surface area contributed by atoms with Crippen LogP contribution in [0.3, 0.4) is 0 Å². The molecule has 36 heavy (non-hydrogen) atoms. The first-order valence-corrected chi connectivity index (χ1v) is 12.8. The lowest BCUT2D eigenvalue weighted by atomic mass is 10.1. The Bertz CT molecular complexity index is 1140. The molecule has 1 aliphatic heterocycles. The molecular formula is C24H30F3N5O3S. The van der Waals surface area contributed by atoms with Gasteiger partial charge in [0.15, 0.2) is 5.01 Å². The summed E-state index contributed by atoms with van der Waals surface area (Å²) in [6.07, 6.45) is 0.00750. The number of rotatable bonds is 8. The van der Waals surface area contributed by atoms with Gasteiger partial charge in [-0.05, 0) is 58.4 Å². The summed E-state index contributed by atoms with van der Waals surface area (Å²) in [5, 5.41) is 15.2. The van der Waals surface area contributed by atoms with E-state index in [0.29, 0.717) is 30.3 Å². The minimum atomic E-state index is -4.72. The monoisotopic (exact) mass is 525 g/mol. The van der Waals surface area contributed by atoms with Crippen LogP contribution in [0.1, 0.15) is 72.3 Å². The number of pyridine rings is 1. The molecule has 1 unspecified atom stereocenters.